The predicted octanol–water partition coefficient (Wildman–Crippen LogP) is 10.5. The molecule has 1 heterocycles. The number of sulfonamides is 2. The van der Waals surface area contributed by atoms with E-state index in [-0.39, 0.29) is 35.4 Å². The third-order valence-corrected chi connectivity index (χ3v) is 17.4. The smallest absolute Gasteiger partial charge is 0.335 e. The Hall–Kier alpha value is -6.59. The van der Waals surface area contributed by atoms with Crippen LogP contribution < -0.4 is 9.44 Å². The molecule has 7 rings (SSSR count). The molecule has 0 saturated carbocycles. The van der Waals surface area contributed by atoms with Crippen molar-refractivity contribution in [1.82, 2.24) is 0 Å². The summed E-state index contributed by atoms with van der Waals surface area (Å²) < 4.78 is 82.9. The maximum Gasteiger partial charge on any atom is 0.335 e. The van der Waals surface area contributed by atoms with Gasteiger partial charge in [0.1, 0.15) is 4.21 Å². The van der Waals surface area contributed by atoms with Crippen molar-refractivity contribution in [2.45, 2.75) is 77.2 Å². The van der Waals surface area contributed by atoms with E-state index in [1.54, 1.807) is 97.1 Å². The highest BCUT2D eigenvalue weighted by Crippen LogP contribution is 2.31. The lowest BCUT2D eigenvalue weighted by Crippen LogP contribution is -2.17. The van der Waals surface area contributed by atoms with Gasteiger partial charge in [-0.15, -0.1) is 11.3 Å². The number of carboxylic acids is 2. The Morgan fingerprint density at radius 2 is 0.970 bits per heavy atom. The Kier molecular flexibility index (Phi) is 15.9. The SMILES string of the molecule is CCC(C)(C)c1ccc(S(=O)(=O)Nc2ccccc2CCc2ccc(C(=O)O)cc2)cc1.O=C(O)c1ccc(CCc2ccccc2NS(=O)(=O)c2cc(S(=O)(=O)c3ccccc3)cs2)cc1. The average molecular weight is 979 g/mol. The van der Waals surface area contributed by atoms with Gasteiger partial charge >= 0.3 is 11.9 Å². The van der Waals surface area contributed by atoms with Gasteiger partial charge in [0.15, 0.2) is 0 Å². The minimum absolute atomic E-state index is 0.00894. The van der Waals surface area contributed by atoms with Crippen molar-refractivity contribution < 1.29 is 45.1 Å². The predicted molar refractivity (Wildman–Crippen MR) is 262 cm³/mol. The van der Waals surface area contributed by atoms with E-state index in [9.17, 15) is 34.8 Å². The quantitative estimate of drug-likeness (QED) is 0.0641. The summed E-state index contributed by atoms with van der Waals surface area (Å²) in [6.07, 6.45) is 3.35. The molecular formula is C51H50N2O10S4. The molecule has 6 aromatic carbocycles. The first-order valence-corrected chi connectivity index (χ1v) is 26.5. The number of carbonyl (C=O) groups is 2. The fourth-order valence-corrected chi connectivity index (χ4v) is 12.0. The molecule has 0 spiro atoms. The van der Waals surface area contributed by atoms with Crippen molar-refractivity contribution >= 4 is 64.5 Å². The monoisotopic (exact) mass is 978 g/mol. The summed E-state index contributed by atoms with van der Waals surface area (Å²) in [6, 6.07) is 43.6. The summed E-state index contributed by atoms with van der Waals surface area (Å²) in [5.41, 5.74) is 6.03. The first-order chi connectivity index (χ1) is 31.8. The topological polar surface area (TPSA) is 201 Å². The Bertz CT molecular complexity index is 3170. The molecular weight excluding hydrogens is 929 g/mol. The van der Waals surface area contributed by atoms with Gasteiger partial charge in [0.05, 0.1) is 37.2 Å². The van der Waals surface area contributed by atoms with Crippen molar-refractivity contribution in [3.8, 4) is 0 Å². The van der Waals surface area contributed by atoms with Crippen molar-refractivity contribution in [2.75, 3.05) is 9.44 Å². The number of hydrogen-bond acceptors (Lipinski definition) is 9. The van der Waals surface area contributed by atoms with Gasteiger partial charge in [0.25, 0.3) is 20.0 Å². The van der Waals surface area contributed by atoms with Gasteiger partial charge in [0, 0.05) is 5.38 Å². The Morgan fingerprint density at radius 3 is 1.43 bits per heavy atom. The lowest BCUT2D eigenvalue weighted by molar-refractivity contribution is 0.0686. The van der Waals surface area contributed by atoms with Gasteiger partial charge in [-0.25, -0.2) is 34.8 Å². The van der Waals surface area contributed by atoms with Gasteiger partial charge in [0.2, 0.25) is 9.84 Å². The molecule has 0 saturated heterocycles. The molecule has 0 atom stereocenters. The Labute approximate surface area is 396 Å². The van der Waals surface area contributed by atoms with Gasteiger partial charge in [-0.05, 0) is 132 Å². The van der Waals surface area contributed by atoms with Crippen LogP contribution in [0.5, 0.6) is 0 Å². The van der Waals surface area contributed by atoms with Crippen LogP contribution in [0.15, 0.2) is 182 Å². The number of anilines is 2. The lowest BCUT2D eigenvalue weighted by atomic mass is 9.82. The minimum Gasteiger partial charge on any atom is -0.478 e. The number of aryl methyl sites for hydroxylation is 4. The first kappa shape index (κ1) is 49.8. The van der Waals surface area contributed by atoms with E-state index in [2.05, 4.69) is 30.2 Å². The van der Waals surface area contributed by atoms with Crippen LogP contribution in [0.1, 0.15) is 75.7 Å². The van der Waals surface area contributed by atoms with Crippen LogP contribution in [0.25, 0.3) is 0 Å². The van der Waals surface area contributed by atoms with Gasteiger partial charge in [-0.2, -0.15) is 0 Å². The summed E-state index contributed by atoms with van der Waals surface area (Å²) in [4.78, 5) is 22.3. The molecule has 0 amide bonds. The second kappa shape index (κ2) is 21.4. The number of thiophene rings is 1. The highest BCUT2D eigenvalue weighted by Gasteiger charge is 2.25. The molecule has 0 fully saturated rings. The largest absolute Gasteiger partial charge is 0.478 e. The molecule has 1 aromatic heterocycles. The normalized spacial score (nSPS) is 11.8. The maximum atomic E-state index is 13.1. The molecule has 0 bridgehead atoms. The maximum absolute atomic E-state index is 13.1. The molecule has 0 aliphatic rings. The van der Waals surface area contributed by atoms with Crippen LogP contribution in [-0.2, 0) is 61.0 Å². The van der Waals surface area contributed by atoms with Crippen LogP contribution >= 0.6 is 11.3 Å². The van der Waals surface area contributed by atoms with E-state index in [1.807, 2.05) is 30.3 Å². The molecule has 0 aliphatic heterocycles. The van der Waals surface area contributed by atoms with E-state index in [0.29, 0.717) is 37.1 Å². The van der Waals surface area contributed by atoms with Crippen LogP contribution in [0.4, 0.5) is 11.4 Å². The van der Waals surface area contributed by atoms with Crippen molar-refractivity contribution in [1.29, 1.82) is 0 Å². The highest BCUT2D eigenvalue weighted by atomic mass is 32.2. The van der Waals surface area contributed by atoms with Crippen molar-refractivity contribution in [2.24, 2.45) is 0 Å². The second-order valence-corrected chi connectivity index (χ2v) is 22.7. The molecule has 16 heteroatoms. The van der Waals surface area contributed by atoms with E-state index >= 15 is 0 Å². The number of hydrogen-bond donors (Lipinski definition) is 4. The van der Waals surface area contributed by atoms with Crippen molar-refractivity contribution in [3.05, 3.63) is 202 Å². The molecule has 12 nitrogen and oxygen atoms in total. The van der Waals surface area contributed by atoms with E-state index in [0.717, 1.165) is 45.6 Å². The molecule has 0 aliphatic carbocycles. The van der Waals surface area contributed by atoms with Crippen LogP contribution in [0, 0.1) is 0 Å². The van der Waals surface area contributed by atoms with E-state index in [1.165, 1.54) is 35.7 Å². The summed E-state index contributed by atoms with van der Waals surface area (Å²) in [6.45, 7) is 6.39. The molecule has 348 valence electrons. The number of aromatic carboxylic acids is 2. The number of nitrogens with one attached hydrogen (secondary N) is 2. The fourth-order valence-electron chi connectivity index (χ4n) is 6.87. The minimum atomic E-state index is -4.02. The number of rotatable bonds is 18. The second-order valence-electron chi connectivity index (χ2n) is 16.2. The van der Waals surface area contributed by atoms with E-state index < -0.39 is 41.8 Å². The third kappa shape index (κ3) is 12.9. The molecule has 0 unspecified atom stereocenters. The van der Waals surface area contributed by atoms with Crippen LogP contribution in [-0.4, -0.2) is 47.4 Å². The van der Waals surface area contributed by atoms with Gasteiger partial charge in [-0.3, -0.25) is 9.44 Å². The summed E-state index contributed by atoms with van der Waals surface area (Å²) >= 11 is 0.839. The van der Waals surface area contributed by atoms with Crippen molar-refractivity contribution in [3.63, 3.8) is 0 Å². The molecule has 0 radical (unpaired) electrons. The average Bonchev–Trinajstić information content (AvgIpc) is 3.85. The van der Waals surface area contributed by atoms with Gasteiger partial charge in [-0.1, -0.05) is 112 Å². The summed E-state index contributed by atoms with van der Waals surface area (Å²) in [7, 11) is -11.6. The molecule has 7 aromatic rings. The van der Waals surface area contributed by atoms with Crippen LogP contribution in [0.2, 0.25) is 0 Å². The standard InChI is InChI=1S/C26H29NO4S.C25H21NO6S3/c1-4-26(2,3)22-15-17-23(18-16-22)32(30,31)27-24-8-6-5-7-20(24)12-9-19-10-13-21(14-11-19)25(28)29;27-25(28)20-14-11-18(12-15-20)10-13-19-6-4-5-9-23(19)26-35(31,32)24-16-22(17-33-24)34(29,30)21-7-2-1-3-8-21/h5-8,10-11,13-18,27H,4,9,12H2,1-3H3,(H,28,29);1-9,11-12,14-17,26H,10,13H2,(H,27,28). The third-order valence-electron chi connectivity index (χ3n) is 11.3. The number of carboxylic acid groups (broad SMARTS) is 2. The Morgan fingerprint density at radius 1 is 0.522 bits per heavy atom. The fraction of sp³-hybridized carbons (Fsp3) is 0.176. The zero-order chi connectivity index (χ0) is 48.4. The zero-order valence-electron chi connectivity index (χ0n) is 36.9. The number of benzene rings is 6. The molecule has 67 heavy (non-hydrogen) atoms. The first-order valence-electron chi connectivity index (χ1n) is 21.1. The Balaban J connectivity index is 0.000000222. The number of para-hydroxylation sites is 2. The molecule has 4 N–H and O–H groups in total. The van der Waals surface area contributed by atoms with Gasteiger partial charge < -0.3 is 10.2 Å². The zero-order valence-corrected chi connectivity index (χ0v) is 40.2. The summed E-state index contributed by atoms with van der Waals surface area (Å²) in [5.74, 6) is -1.95. The van der Waals surface area contributed by atoms with Crippen LogP contribution in [0.3, 0.4) is 0 Å². The lowest BCUT2D eigenvalue weighted by Gasteiger charge is -2.23. The van der Waals surface area contributed by atoms with E-state index in [4.69, 9.17) is 10.2 Å². The highest BCUT2D eigenvalue weighted by molar-refractivity contribution is 7.95. The number of sulfone groups is 1. The summed E-state index contributed by atoms with van der Waals surface area (Å²) in [5, 5.41) is 19.4.